The summed E-state index contributed by atoms with van der Waals surface area (Å²) in [6.45, 7) is 12.3. The van der Waals surface area contributed by atoms with E-state index in [9.17, 15) is 10.1 Å². The minimum Gasteiger partial charge on any atom is -0.490 e. The Hall–Kier alpha value is -3.61. The summed E-state index contributed by atoms with van der Waals surface area (Å²) >= 11 is 1.49. The van der Waals surface area contributed by atoms with Crippen molar-refractivity contribution in [2.45, 2.75) is 70.7 Å². The number of thioether (sulfide) groups is 1. The zero-order valence-electron chi connectivity index (χ0n) is 24.9. The van der Waals surface area contributed by atoms with Crippen molar-refractivity contribution in [1.82, 2.24) is 9.97 Å². The van der Waals surface area contributed by atoms with Crippen LogP contribution in [-0.2, 0) is 32.7 Å². The third-order valence-electron chi connectivity index (χ3n) is 6.34. The van der Waals surface area contributed by atoms with E-state index in [2.05, 4.69) is 36.0 Å². The molecule has 41 heavy (non-hydrogen) atoms. The van der Waals surface area contributed by atoms with Crippen LogP contribution in [0.1, 0.15) is 69.5 Å². The van der Waals surface area contributed by atoms with Gasteiger partial charge in [0.15, 0.2) is 5.16 Å². The Kier molecular flexibility index (Phi) is 11.2. The number of ether oxygens (including phenoxy) is 4. The summed E-state index contributed by atoms with van der Waals surface area (Å²) < 4.78 is 22.6. The van der Waals surface area contributed by atoms with E-state index in [4.69, 9.17) is 18.9 Å². The quantitative estimate of drug-likeness (QED) is 0.101. The normalized spacial score (nSPS) is 11.6. The van der Waals surface area contributed by atoms with Gasteiger partial charge in [0.05, 0.1) is 17.9 Å². The summed E-state index contributed by atoms with van der Waals surface area (Å²) in [4.78, 5) is 20.5. The fourth-order valence-corrected chi connectivity index (χ4v) is 4.52. The predicted octanol–water partition coefficient (Wildman–Crippen LogP) is 6.27. The number of hydrogen-bond acceptors (Lipinski definition) is 9. The minimum absolute atomic E-state index is 0.150. The van der Waals surface area contributed by atoms with Crippen LogP contribution in [0.25, 0.3) is 0 Å². The van der Waals surface area contributed by atoms with Crippen molar-refractivity contribution in [2.75, 3.05) is 26.1 Å². The van der Waals surface area contributed by atoms with E-state index in [-0.39, 0.29) is 25.2 Å². The first-order chi connectivity index (χ1) is 19.5. The molecule has 8 nitrogen and oxygen atoms in total. The van der Waals surface area contributed by atoms with Gasteiger partial charge < -0.3 is 18.9 Å². The first-order valence-electron chi connectivity index (χ1n) is 13.6. The summed E-state index contributed by atoms with van der Waals surface area (Å²) in [6, 6.07) is 16.1. The smallest absolute Gasteiger partial charge is 0.332 e. The first-order valence-corrected chi connectivity index (χ1v) is 14.8. The van der Waals surface area contributed by atoms with Crippen LogP contribution < -0.4 is 9.47 Å². The number of nitrogens with zero attached hydrogens (tertiary/aromatic N) is 3. The highest BCUT2D eigenvalue weighted by atomic mass is 32.2. The van der Waals surface area contributed by atoms with Crippen molar-refractivity contribution < 1.29 is 23.7 Å². The lowest BCUT2D eigenvalue weighted by Crippen LogP contribution is -2.27. The van der Waals surface area contributed by atoms with Crippen LogP contribution in [0.3, 0.4) is 0 Å². The summed E-state index contributed by atoms with van der Waals surface area (Å²) in [5.74, 6) is 0.873. The van der Waals surface area contributed by atoms with Gasteiger partial charge in [-0.25, -0.2) is 14.8 Å². The molecule has 3 rings (SSSR count). The van der Waals surface area contributed by atoms with Crippen molar-refractivity contribution in [3.05, 3.63) is 76.6 Å². The van der Waals surface area contributed by atoms with Crippen LogP contribution in [0.4, 0.5) is 0 Å². The average Bonchev–Trinajstić information content (AvgIpc) is 2.95. The molecule has 0 atom stereocenters. The lowest BCUT2D eigenvalue weighted by molar-refractivity contribution is -0.160. The lowest BCUT2D eigenvalue weighted by Gasteiger charge is -2.28. The Bertz CT molecular complexity index is 1360. The molecule has 0 fully saturated rings. The summed E-state index contributed by atoms with van der Waals surface area (Å²) in [5, 5.41) is 10.7. The predicted molar refractivity (Wildman–Crippen MR) is 159 cm³/mol. The highest BCUT2D eigenvalue weighted by Gasteiger charge is 2.26. The van der Waals surface area contributed by atoms with Gasteiger partial charge in [0.1, 0.15) is 43.0 Å². The molecule has 0 aliphatic heterocycles. The van der Waals surface area contributed by atoms with Crippen LogP contribution in [0.5, 0.6) is 11.5 Å². The summed E-state index contributed by atoms with van der Waals surface area (Å²) in [5.41, 5.74) is 3.40. The van der Waals surface area contributed by atoms with Crippen molar-refractivity contribution in [3.8, 4) is 17.6 Å². The van der Waals surface area contributed by atoms with Gasteiger partial charge >= 0.3 is 5.97 Å². The zero-order chi connectivity index (χ0) is 30.0. The van der Waals surface area contributed by atoms with Gasteiger partial charge in [-0.1, -0.05) is 50.7 Å². The largest absolute Gasteiger partial charge is 0.490 e. The summed E-state index contributed by atoms with van der Waals surface area (Å²) in [7, 11) is 0. The third kappa shape index (κ3) is 9.20. The molecule has 0 N–H and O–H groups in total. The minimum atomic E-state index is -0.559. The number of rotatable bonds is 13. The maximum Gasteiger partial charge on any atom is 0.332 e. The molecule has 0 bridgehead atoms. The Morgan fingerprint density at radius 2 is 1.73 bits per heavy atom. The Morgan fingerprint density at radius 1 is 1.00 bits per heavy atom. The molecule has 218 valence electrons. The molecule has 0 aliphatic rings. The number of carbonyl (C=O) groups is 1. The van der Waals surface area contributed by atoms with Crippen LogP contribution in [0.15, 0.2) is 53.8 Å². The Balaban J connectivity index is 1.67. The van der Waals surface area contributed by atoms with Gasteiger partial charge in [0.25, 0.3) is 0 Å². The van der Waals surface area contributed by atoms with E-state index in [1.807, 2.05) is 70.3 Å². The lowest BCUT2D eigenvalue weighted by atomic mass is 9.77. The number of benzene rings is 2. The fraction of sp³-hybridized carbons (Fsp3) is 0.438. The monoisotopic (exact) mass is 577 g/mol. The molecule has 0 radical (unpaired) electrons. The van der Waals surface area contributed by atoms with Gasteiger partial charge in [0, 0.05) is 11.6 Å². The standard InChI is InChI=1S/C32H39N3O5S/c1-8-22-17-25(18-23(19-33)29(22)38-16-15-37-21-28(36)40-31(2,3)4)32(5,6)24-9-11-27(12-10-24)39-20-26-13-14-34-30(35-26)41-7/h9-14,17-18H,8,15-16,20-21H2,1-7H3. The van der Waals surface area contributed by atoms with Crippen LogP contribution in [-0.4, -0.2) is 47.6 Å². The van der Waals surface area contributed by atoms with E-state index in [0.717, 1.165) is 28.1 Å². The number of aryl methyl sites for hydroxylation is 1. The van der Waals surface area contributed by atoms with Crippen LogP contribution >= 0.6 is 11.8 Å². The maximum absolute atomic E-state index is 11.8. The highest BCUT2D eigenvalue weighted by molar-refractivity contribution is 7.98. The highest BCUT2D eigenvalue weighted by Crippen LogP contribution is 2.37. The Morgan fingerprint density at radius 3 is 2.37 bits per heavy atom. The van der Waals surface area contributed by atoms with Crippen molar-refractivity contribution in [3.63, 3.8) is 0 Å². The molecule has 1 heterocycles. The molecule has 0 unspecified atom stereocenters. The maximum atomic E-state index is 11.8. The molecule has 0 spiro atoms. The topological polar surface area (TPSA) is 104 Å². The number of aromatic nitrogens is 2. The van der Waals surface area contributed by atoms with Crippen molar-refractivity contribution in [2.24, 2.45) is 0 Å². The van der Waals surface area contributed by atoms with Gasteiger partial charge in [0.2, 0.25) is 0 Å². The second-order valence-electron chi connectivity index (χ2n) is 10.9. The molecule has 0 amide bonds. The van der Waals surface area contributed by atoms with E-state index in [0.29, 0.717) is 29.5 Å². The second-order valence-corrected chi connectivity index (χ2v) is 11.7. The van der Waals surface area contributed by atoms with Crippen LogP contribution in [0.2, 0.25) is 0 Å². The molecule has 1 aromatic heterocycles. The van der Waals surface area contributed by atoms with Crippen LogP contribution in [0, 0.1) is 11.3 Å². The van der Waals surface area contributed by atoms with Gasteiger partial charge in [-0.3, -0.25) is 0 Å². The molecule has 0 saturated heterocycles. The Labute approximate surface area is 247 Å². The average molecular weight is 578 g/mol. The zero-order valence-corrected chi connectivity index (χ0v) is 25.8. The van der Waals surface area contributed by atoms with Crippen molar-refractivity contribution in [1.29, 1.82) is 5.26 Å². The molecule has 0 saturated carbocycles. The fourth-order valence-electron chi connectivity index (χ4n) is 4.14. The number of esters is 1. The number of hydrogen-bond donors (Lipinski definition) is 0. The van der Waals surface area contributed by atoms with E-state index >= 15 is 0 Å². The van der Waals surface area contributed by atoms with Gasteiger partial charge in [-0.05, 0) is 74.4 Å². The molecular weight excluding hydrogens is 538 g/mol. The van der Waals surface area contributed by atoms with E-state index < -0.39 is 11.6 Å². The third-order valence-corrected chi connectivity index (χ3v) is 6.90. The SMILES string of the molecule is CCc1cc(C(C)(C)c2ccc(OCc3ccnc(SC)n3)cc2)cc(C#N)c1OCCOCC(=O)OC(C)(C)C. The van der Waals surface area contributed by atoms with E-state index in [1.54, 1.807) is 6.20 Å². The van der Waals surface area contributed by atoms with Crippen molar-refractivity contribution >= 4 is 17.7 Å². The van der Waals surface area contributed by atoms with E-state index in [1.165, 1.54) is 11.8 Å². The molecule has 2 aromatic carbocycles. The number of nitriles is 1. The molecular formula is C32H39N3O5S. The molecule has 3 aromatic rings. The van der Waals surface area contributed by atoms with Gasteiger partial charge in [-0.15, -0.1) is 0 Å². The van der Waals surface area contributed by atoms with Gasteiger partial charge in [-0.2, -0.15) is 5.26 Å². The summed E-state index contributed by atoms with van der Waals surface area (Å²) in [6.07, 6.45) is 4.37. The first kappa shape index (κ1) is 31.9. The number of carbonyl (C=O) groups excluding carboxylic acids is 1. The second kappa shape index (κ2) is 14.3. The molecule has 0 aliphatic carbocycles. The molecule has 9 heteroatoms.